The van der Waals surface area contributed by atoms with Crippen LogP contribution in [0.4, 0.5) is 5.82 Å². The summed E-state index contributed by atoms with van der Waals surface area (Å²) in [6.07, 6.45) is 1.75. The second-order valence-electron chi connectivity index (χ2n) is 6.17. The van der Waals surface area contributed by atoms with Gasteiger partial charge in [0.15, 0.2) is 5.69 Å². The molecule has 0 fully saturated rings. The Hall–Kier alpha value is -3.73. The molecule has 1 N–H and O–H groups in total. The fraction of sp³-hybridized carbons (Fsp3) is 0.0455. The van der Waals surface area contributed by atoms with Crippen molar-refractivity contribution in [3.63, 3.8) is 0 Å². The van der Waals surface area contributed by atoms with Gasteiger partial charge in [0, 0.05) is 17.5 Å². The van der Waals surface area contributed by atoms with E-state index in [4.69, 9.17) is 0 Å². The van der Waals surface area contributed by atoms with Gasteiger partial charge in [-0.3, -0.25) is 4.79 Å². The van der Waals surface area contributed by atoms with Gasteiger partial charge in [-0.25, -0.2) is 9.67 Å². The molecule has 0 aliphatic carbocycles. The monoisotopic (exact) mass is 354 g/mol. The summed E-state index contributed by atoms with van der Waals surface area (Å²) in [5.41, 5.74) is 4.24. The van der Waals surface area contributed by atoms with E-state index in [2.05, 4.69) is 15.4 Å². The van der Waals surface area contributed by atoms with Crippen LogP contribution in [0.3, 0.4) is 0 Å². The molecule has 0 bridgehead atoms. The number of hydrogen-bond donors (Lipinski definition) is 1. The number of pyridine rings is 1. The molecule has 4 rings (SSSR count). The van der Waals surface area contributed by atoms with E-state index in [1.54, 1.807) is 23.0 Å². The van der Waals surface area contributed by atoms with Crippen molar-refractivity contribution in [2.75, 3.05) is 5.32 Å². The lowest BCUT2D eigenvalue weighted by Crippen LogP contribution is -2.14. The third kappa shape index (κ3) is 3.62. The maximum absolute atomic E-state index is 12.5. The van der Waals surface area contributed by atoms with Gasteiger partial charge in [-0.15, -0.1) is 0 Å². The summed E-state index contributed by atoms with van der Waals surface area (Å²) in [7, 11) is 0. The van der Waals surface area contributed by atoms with Crippen LogP contribution >= 0.6 is 0 Å². The smallest absolute Gasteiger partial charge is 0.277 e. The van der Waals surface area contributed by atoms with Crippen LogP contribution in [0.15, 0.2) is 85.1 Å². The van der Waals surface area contributed by atoms with E-state index in [-0.39, 0.29) is 5.91 Å². The highest BCUT2D eigenvalue weighted by atomic mass is 16.2. The summed E-state index contributed by atoms with van der Waals surface area (Å²) in [5.74, 6) is 0.208. The number of aryl methyl sites for hydroxylation is 1. The van der Waals surface area contributed by atoms with Crippen LogP contribution in [0, 0.1) is 6.92 Å². The highest BCUT2D eigenvalue weighted by Gasteiger charge is 2.14. The highest BCUT2D eigenvalue weighted by Crippen LogP contribution is 2.19. The lowest BCUT2D eigenvalue weighted by molar-refractivity contribution is 0.102. The second-order valence-corrected chi connectivity index (χ2v) is 6.17. The molecule has 0 radical (unpaired) electrons. The number of aromatic nitrogens is 3. The number of para-hydroxylation sites is 1. The average Bonchev–Trinajstić information content (AvgIpc) is 3.12. The molecule has 2 heterocycles. The zero-order valence-electron chi connectivity index (χ0n) is 14.8. The number of rotatable bonds is 4. The van der Waals surface area contributed by atoms with E-state index in [1.165, 1.54) is 0 Å². The summed E-state index contributed by atoms with van der Waals surface area (Å²) in [5, 5.41) is 7.22. The maximum Gasteiger partial charge on any atom is 0.277 e. The summed E-state index contributed by atoms with van der Waals surface area (Å²) in [6.45, 7) is 1.92. The zero-order valence-corrected chi connectivity index (χ0v) is 14.8. The number of benzene rings is 2. The fourth-order valence-electron chi connectivity index (χ4n) is 2.87. The van der Waals surface area contributed by atoms with Crippen LogP contribution in [0.2, 0.25) is 0 Å². The normalized spacial score (nSPS) is 10.6. The number of carbonyl (C=O) groups excluding carboxylic acids is 1. The number of hydrogen-bond acceptors (Lipinski definition) is 3. The Labute approximate surface area is 157 Å². The molecule has 132 valence electrons. The molecular weight excluding hydrogens is 336 g/mol. The molecule has 0 unspecified atom stereocenters. The summed E-state index contributed by atoms with van der Waals surface area (Å²) in [6, 6.07) is 25.2. The minimum Gasteiger partial charge on any atom is -0.305 e. The second kappa shape index (κ2) is 7.25. The first kappa shape index (κ1) is 16.7. The molecule has 27 heavy (non-hydrogen) atoms. The van der Waals surface area contributed by atoms with Crippen molar-refractivity contribution in [3.8, 4) is 16.8 Å². The van der Waals surface area contributed by atoms with E-state index in [0.717, 1.165) is 22.5 Å². The Kier molecular flexibility index (Phi) is 4.49. The SMILES string of the molecule is Cc1cc(C(=O)Nc2ccc(-c3ccccc3)cn2)nn1-c1ccccc1. The molecule has 2 aromatic heterocycles. The number of anilines is 1. The van der Waals surface area contributed by atoms with Gasteiger partial charge >= 0.3 is 0 Å². The van der Waals surface area contributed by atoms with Crippen LogP contribution in [-0.2, 0) is 0 Å². The molecule has 2 aromatic carbocycles. The lowest BCUT2D eigenvalue weighted by atomic mass is 10.1. The summed E-state index contributed by atoms with van der Waals surface area (Å²) < 4.78 is 1.75. The van der Waals surface area contributed by atoms with Crippen LogP contribution in [0.25, 0.3) is 16.8 Å². The van der Waals surface area contributed by atoms with Gasteiger partial charge in [-0.05, 0) is 42.8 Å². The van der Waals surface area contributed by atoms with Crippen molar-refractivity contribution in [1.29, 1.82) is 0 Å². The van der Waals surface area contributed by atoms with Crippen molar-refractivity contribution >= 4 is 11.7 Å². The largest absolute Gasteiger partial charge is 0.305 e. The van der Waals surface area contributed by atoms with Crippen LogP contribution in [-0.4, -0.2) is 20.7 Å². The molecule has 0 aliphatic heterocycles. The molecule has 4 aromatic rings. The van der Waals surface area contributed by atoms with Gasteiger partial charge < -0.3 is 5.32 Å². The Bertz CT molecular complexity index is 1050. The van der Waals surface area contributed by atoms with Gasteiger partial charge in [-0.2, -0.15) is 5.10 Å². The van der Waals surface area contributed by atoms with Crippen LogP contribution in [0.1, 0.15) is 16.2 Å². The summed E-state index contributed by atoms with van der Waals surface area (Å²) in [4.78, 5) is 16.9. The van der Waals surface area contributed by atoms with Gasteiger partial charge in [0.25, 0.3) is 5.91 Å². The number of carbonyl (C=O) groups is 1. The van der Waals surface area contributed by atoms with Gasteiger partial charge in [0.1, 0.15) is 5.82 Å². The van der Waals surface area contributed by atoms with Gasteiger partial charge in [-0.1, -0.05) is 48.5 Å². The number of nitrogens with zero attached hydrogens (tertiary/aromatic N) is 3. The van der Waals surface area contributed by atoms with Gasteiger partial charge in [0.05, 0.1) is 5.69 Å². The molecule has 5 nitrogen and oxygen atoms in total. The lowest BCUT2D eigenvalue weighted by Gasteiger charge is -2.05. The molecule has 0 saturated heterocycles. The Morgan fingerprint density at radius 2 is 1.59 bits per heavy atom. The minimum atomic E-state index is -0.284. The minimum absolute atomic E-state index is 0.284. The zero-order chi connectivity index (χ0) is 18.6. The topological polar surface area (TPSA) is 59.8 Å². The molecule has 0 atom stereocenters. The molecule has 1 amide bonds. The summed E-state index contributed by atoms with van der Waals surface area (Å²) >= 11 is 0. The van der Waals surface area contributed by atoms with E-state index in [0.29, 0.717) is 11.5 Å². The molecule has 0 spiro atoms. The van der Waals surface area contributed by atoms with E-state index >= 15 is 0 Å². The maximum atomic E-state index is 12.5. The van der Waals surface area contributed by atoms with Crippen molar-refractivity contribution in [2.24, 2.45) is 0 Å². The van der Waals surface area contributed by atoms with Crippen LogP contribution < -0.4 is 5.32 Å². The number of amides is 1. The molecular formula is C22H18N4O. The van der Waals surface area contributed by atoms with Crippen molar-refractivity contribution < 1.29 is 4.79 Å². The van der Waals surface area contributed by atoms with E-state index in [9.17, 15) is 4.79 Å². The Morgan fingerprint density at radius 3 is 2.26 bits per heavy atom. The predicted molar refractivity (Wildman–Crippen MR) is 106 cm³/mol. The highest BCUT2D eigenvalue weighted by molar-refractivity contribution is 6.02. The molecule has 0 saturated carbocycles. The Morgan fingerprint density at radius 1 is 0.889 bits per heavy atom. The van der Waals surface area contributed by atoms with Crippen molar-refractivity contribution in [2.45, 2.75) is 6.92 Å². The van der Waals surface area contributed by atoms with Crippen molar-refractivity contribution in [1.82, 2.24) is 14.8 Å². The van der Waals surface area contributed by atoms with E-state index < -0.39 is 0 Å². The Balaban J connectivity index is 1.51. The van der Waals surface area contributed by atoms with Crippen LogP contribution in [0.5, 0.6) is 0 Å². The average molecular weight is 354 g/mol. The predicted octanol–water partition coefficient (Wildman–Crippen LogP) is 4.50. The fourth-order valence-corrected chi connectivity index (χ4v) is 2.87. The molecule has 5 heteroatoms. The number of nitrogens with one attached hydrogen (secondary N) is 1. The first-order valence-corrected chi connectivity index (χ1v) is 8.65. The third-order valence-corrected chi connectivity index (χ3v) is 4.23. The standard InChI is InChI=1S/C22H18N4O/c1-16-14-20(25-26(16)19-10-6-3-7-11-19)22(27)24-21-13-12-18(15-23-21)17-8-4-2-5-9-17/h2-15H,1H3,(H,23,24,27). The van der Waals surface area contributed by atoms with E-state index in [1.807, 2.05) is 73.7 Å². The first-order valence-electron chi connectivity index (χ1n) is 8.65. The molecule has 0 aliphatic rings. The third-order valence-electron chi connectivity index (χ3n) is 4.23. The quantitative estimate of drug-likeness (QED) is 0.587. The first-order chi connectivity index (χ1) is 13.2. The van der Waals surface area contributed by atoms with Gasteiger partial charge in [0.2, 0.25) is 0 Å². The van der Waals surface area contributed by atoms with Crippen molar-refractivity contribution in [3.05, 3.63) is 96.4 Å².